The lowest BCUT2D eigenvalue weighted by Crippen LogP contribution is -2.28. The highest BCUT2D eigenvalue weighted by molar-refractivity contribution is 7.18. The highest BCUT2D eigenvalue weighted by Gasteiger charge is 2.35. The van der Waals surface area contributed by atoms with Gasteiger partial charge >= 0.3 is 0 Å². The summed E-state index contributed by atoms with van der Waals surface area (Å²) in [5.74, 6) is 0. The maximum atomic E-state index is 13.2. The first-order valence-electron chi connectivity index (χ1n) is 5.49. The molecule has 98 valence electrons. The summed E-state index contributed by atoms with van der Waals surface area (Å²) in [5.41, 5.74) is -1.40. The molecule has 2 rings (SSSR count). The Hall–Kier alpha value is -1.19. The normalized spacial score (nSPS) is 19.7. The van der Waals surface area contributed by atoms with Crippen molar-refractivity contribution in [3.8, 4) is 0 Å². The summed E-state index contributed by atoms with van der Waals surface area (Å²) in [4.78, 5) is 1.70. The number of benzene rings is 1. The summed E-state index contributed by atoms with van der Waals surface area (Å²) in [6, 6.07) is 7.19. The van der Waals surface area contributed by atoms with Gasteiger partial charge in [-0.15, -0.1) is 0 Å². The number of halogens is 2. The molecule has 0 fully saturated rings. The summed E-state index contributed by atoms with van der Waals surface area (Å²) in [5, 5.41) is 11.7. The molecule has 6 heteroatoms. The van der Waals surface area contributed by atoms with Crippen LogP contribution >= 0.6 is 9.24 Å². The molecule has 1 aromatic rings. The van der Waals surface area contributed by atoms with Gasteiger partial charge in [-0.3, -0.25) is 0 Å². The summed E-state index contributed by atoms with van der Waals surface area (Å²) < 4.78 is 26.4. The third-order valence-corrected chi connectivity index (χ3v) is 3.18. The number of alkyl halides is 2. The standard InChI is InChI=1S/C12H15F2N2OP/c1-16-6-10(12(13,14)18)15-11(16)9-4-2-8(7-17)3-5-9/h2-6,11,15,17H,7,18H2,1H3. The fourth-order valence-electron chi connectivity index (χ4n) is 1.87. The topological polar surface area (TPSA) is 35.5 Å². The lowest BCUT2D eigenvalue weighted by Gasteiger charge is -2.22. The minimum absolute atomic E-state index is 0.0264. The summed E-state index contributed by atoms with van der Waals surface area (Å²) in [6.45, 7) is -0.0264. The van der Waals surface area contributed by atoms with Crippen LogP contribution in [-0.2, 0) is 6.61 Å². The van der Waals surface area contributed by atoms with Crippen molar-refractivity contribution < 1.29 is 13.9 Å². The molecule has 1 aliphatic rings. The van der Waals surface area contributed by atoms with E-state index in [0.29, 0.717) is 0 Å². The number of hydrogen-bond donors (Lipinski definition) is 2. The number of rotatable bonds is 3. The van der Waals surface area contributed by atoms with E-state index in [1.807, 2.05) is 12.1 Å². The van der Waals surface area contributed by atoms with Crippen molar-refractivity contribution in [2.24, 2.45) is 0 Å². The molecule has 1 aromatic carbocycles. The maximum Gasteiger partial charge on any atom is 0.299 e. The molecule has 0 saturated heterocycles. The fraction of sp³-hybridized carbons (Fsp3) is 0.333. The average Bonchev–Trinajstić information content (AvgIpc) is 2.71. The molecule has 2 atom stereocenters. The fourth-order valence-corrected chi connectivity index (χ4v) is 2.03. The SMILES string of the molecule is CN1C=C(C(F)(F)P)NC1c1ccc(CO)cc1. The molecule has 18 heavy (non-hydrogen) atoms. The number of aliphatic hydroxyl groups excluding tert-OH is 1. The van der Waals surface area contributed by atoms with E-state index in [9.17, 15) is 8.78 Å². The predicted molar refractivity (Wildman–Crippen MR) is 68.7 cm³/mol. The molecule has 0 aromatic heterocycles. The summed E-state index contributed by atoms with van der Waals surface area (Å²) >= 11 is 0. The summed E-state index contributed by atoms with van der Waals surface area (Å²) in [6.07, 6.45) is 1.09. The van der Waals surface area contributed by atoms with Gasteiger partial charge in [0.05, 0.1) is 6.61 Å². The van der Waals surface area contributed by atoms with E-state index in [0.717, 1.165) is 11.1 Å². The van der Waals surface area contributed by atoms with Crippen molar-refractivity contribution in [1.82, 2.24) is 10.2 Å². The summed E-state index contributed by atoms with van der Waals surface area (Å²) in [7, 11) is 3.26. The zero-order valence-electron chi connectivity index (χ0n) is 9.90. The Bertz CT molecular complexity index is 456. The second kappa shape index (κ2) is 4.82. The molecule has 0 amide bonds. The third-order valence-electron chi connectivity index (χ3n) is 2.87. The van der Waals surface area contributed by atoms with Gasteiger partial charge in [-0.25, -0.2) is 0 Å². The number of aliphatic hydroxyl groups is 1. The molecule has 0 aliphatic carbocycles. The van der Waals surface area contributed by atoms with Crippen LogP contribution in [0.1, 0.15) is 17.3 Å². The zero-order chi connectivity index (χ0) is 13.3. The number of nitrogens with one attached hydrogen (secondary N) is 1. The quantitative estimate of drug-likeness (QED) is 0.826. The van der Waals surface area contributed by atoms with Gasteiger partial charge in [0.25, 0.3) is 5.66 Å². The lowest BCUT2D eigenvalue weighted by atomic mass is 10.1. The van der Waals surface area contributed by atoms with Gasteiger partial charge in [-0.05, 0) is 11.1 Å². The first-order chi connectivity index (χ1) is 8.41. The van der Waals surface area contributed by atoms with Gasteiger partial charge in [-0.1, -0.05) is 33.5 Å². The average molecular weight is 272 g/mol. The Morgan fingerprint density at radius 3 is 2.44 bits per heavy atom. The Balaban J connectivity index is 2.17. The highest BCUT2D eigenvalue weighted by Crippen LogP contribution is 2.36. The van der Waals surface area contributed by atoms with E-state index in [2.05, 4.69) is 5.32 Å². The predicted octanol–water partition coefficient (Wildman–Crippen LogP) is 2.02. The van der Waals surface area contributed by atoms with Crippen LogP contribution < -0.4 is 5.32 Å². The van der Waals surface area contributed by atoms with E-state index in [1.54, 1.807) is 24.1 Å². The van der Waals surface area contributed by atoms with Crippen LogP contribution in [0.25, 0.3) is 0 Å². The van der Waals surface area contributed by atoms with Crippen LogP contribution in [0.15, 0.2) is 36.2 Å². The van der Waals surface area contributed by atoms with Crippen LogP contribution in [0.2, 0.25) is 0 Å². The largest absolute Gasteiger partial charge is 0.392 e. The lowest BCUT2D eigenvalue weighted by molar-refractivity contribution is 0.137. The Morgan fingerprint density at radius 2 is 2.00 bits per heavy atom. The Morgan fingerprint density at radius 1 is 1.39 bits per heavy atom. The molecule has 0 radical (unpaired) electrons. The van der Waals surface area contributed by atoms with Crippen molar-refractivity contribution in [2.75, 3.05) is 7.05 Å². The Kier molecular flexibility index (Phi) is 3.55. The highest BCUT2D eigenvalue weighted by atomic mass is 31.0. The van der Waals surface area contributed by atoms with Crippen LogP contribution in [-0.4, -0.2) is 22.7 Å². The van der Waals surface area contributed by atoms with E-state index < -0.39 is 5.66 Å². The van der Waals surface area contributed by atoms with Crippen LogP contribution in [0.4, 0.5) is 8.78 Å². The van der Waals surface area contributed by atoms with Crippen molar-refractivity contribution in [3.63, 3.8) is 0 Å². The van der Waals surface area contributed by atoms with E-state index in [1.165, 1.54) is 15.4 Å². The van der Waals surface area contributed by atoms with Gasteiger partial charge in [0.15, 0.2) is 0 Å². The molecule has 1 heterocycles. The van der Waals surface area contributed by atoms with Crippen LogP contribution in [0.5, 0.6) is 0 Å². The monoisotopic (exact) mass is 272 g/mol. The minimum atomic E-state index is -2.95. The molecular weight excluding hydrogens is 257 g/mol. The van der Waals surface area contributed by atoms with E-state index in [-0.39, 0.29) is 18.5 Å². The molecule has 0 spiro atoms. The zero-order valence-corrected chi connectivity index (χ0v) is 11.1. The van der Waals surface area contributed by atoms with Crippen LogP contribution in [0.3, 0.4) is 0 Å². The number of nitrogens with zero attached hydrogens (tertiary/aromatic N) is 1. The van der Waals surface area contributed by atoms with Gasteiger partial charge < -0.3 is 15.3 Å². The van der Waals surface area contributed by atoms with Gasteiger partial charge in [0.2, 0.25) is 0 Å². The van der Waals surface area contributed by atoms with E-state index >= 15 is 0 Å². The van der Waals surface area contributed by atoms with Gasteiger partial charge in [0, 0.05) is 13.2 Å². The van der Waals surface area contributed by atoms with Gasteiger partial charge in [0.1, 0.15) is 11.9 Å². The molecule has 0 saturated carbocycles. The van der Waals surface area contributed by atoms with Crippen LogP contribution in [0, 0.1) is 0 Å². The van der Waals surface area contributed by atoms with Crippen molar-refractivity contribution in [3.05, 3.63) is 47.3 Å². The number of allylic oxidation sites excluding steroid dienone is 1. The molecule has 0 bridgehead atoms. The van der Waals surface area contributed by atoms with Crippen molar-refractivity contribution >= 4 is 9.24 Å². The maximum absolute atomic E-state index is 13.2. The van der Waals surface area contributed by atoms with E-state index in [4.69, 9.17) is 5.11 Å². The first kappa shape index (κ1) is 13.2. The smallest absolute Gasteiger partial charge is 0.299 e. The molecule has 2 N–H and O–H groups in total. The van der Waals surface area contributed by atoms with Crippen molar-refractivity contribution in [2.45, 2.75) is 18.4 Å². The molecule has 1 aliphatic heterocycles. The van der Waals surface area contributed by atoms with Gasteiger partial charge in [-0.2, -0.15) is 8.78 Å². The first-order valence-corrected chi connectivity index (χ1v) is 6.06. The number of hydrogen-bond acceptors (Lipinski definition) is 3. The second-order valence-electron chi connectivity index (χ2n) is 4.28. The molecular formula is C12H15F2N2OP. The van der Waals surface area contributed by atoms with Crippen molar-refractivity contribution in [1.29, 1.82) is 0 Å². The second-order valence-corrected chi connectivity index (χ2v) is 5.00. The molecule has 2 unspecified atom stereocenters. The molecule has 3 nitrogen and oxygen atoms in total. The minimum Gasteiger partial charge on any atom is -0.392 e. The Labute approximate surface area is 107 Å². The third kappa shape index (κ3) is 2.62.